The quantitative estimate of drug-likeness (QED) is 0.233. The molecule has 2 aromatic carbocycles. The van der Waals surface area contributed by atoms with Crippen LogP contribution in [0.2, 0.25) is 5.02 Å². The smallest absolute Gasteiger partial charge is 0.288 e. The van der Waals surface area contributed by atoms with Gasteiger partial charge in [0.25, 0.3) is 6.02 Å². The van der Waals surface area contributed by atoms with Crippen LogP contribution in [0.3, 0.4) is 0 Å². The second-order valence-electron chi connectivity index (χ2n) is 13.6. The van der Waals surface area contributed by atoms with Gasteiger partial charge in [0, 0.05) is 41.6 Å². The van der Waals surface area contributed by atoms with Gasteiger partial charge in [-0.05, 0) is 94.1 Å². The largest absolute Gasteiger partial charge is 0.455 e. The number of carbonyl (C=O) groups excluding carboxylic acids is 2. The number of piperazine rings is 1. The Labute approximate surface area is 294 Å². The molecule has 0 aromatic heterocycles. The second-order valence-corrected chi connectivity index (χ2v) is 15.0. The minimum atomic E-state index is -0.591. The molecule has 3 aliphatic rings. The minimum Gasteiger partial charge on any atom is -0.455 e. The molecule has 47 heavy (non-hydrogen) atoms. The molecule has 5 rings (SSSR count). The number of hydrogen-bond acceptors (Lipinski definition) is 7. The molecule has 1 N–H and O–H groups in total. The predicted octanol–water partition coefficient (Wildman–Crippen LogP) is 6.66. The van der Waals surface area contributed by atoms with Crippen LogP contribution in [0.5, 0.6) is 0 Å². The lowest BCUT2D eigenvalue weighted by atomic mass is 9.98. The summed E-state index contributed by atoms with van der Waals surface area (Å²) in [7, 11) is 0. The Hall–Kier alpha value is -2.46. The average Bonchev–Trinajstić information content (AvgIpc) is 3.46. The molecule has 0 spiro atoms. The maximum Gasteiger partial charge on any atom is 0.288 e. The van der Waals surface area contributed by atoms with Crippen LogP contribution < -0.4 is 5.32 Å². The predicted molar refractivity (Wildman–Crippen MR) is 193 cm³/mol. The van der Waals surface area contributed by atoms with E-state index in [9.17, 15) is 9.59 Å². The molecule has 3 aliphatic heterocycles. The van der Waals surface area contributed by atoms with Crippen LogP contribution in [-0.2, 0) is 20.7 Å². The van der Waals surface area contributed by atoms with Crippen molar-refractivity contribution in [2.45, 2.75) is 102 Å². The molecule has 1 amide bonds. The van der Waals surface area contributed by atoms with E-state index in [1.807, 2.05) is 41.3 Å². The summed E-state index contributed by atoms with van der Waals surface area (Å²) in [4.78, 5) is 39.7. The number of carbonyl (C=O) groups is 2. The first-order chi connectivity index (χ1) is 22.7. The summed E-state index contributed by atoms with van der Waals surface area (Å²) in [6.07, 6.45) is 7.41. The number of unbranched alkanes of at least 4 members (excludes halogenated alkanes) is 1. The number of aryl methyl sites for hydroxylation is 1. The number of amides is 1. The summed E-state index contributed by atoms with van der Waals surface area (Å²) in [6, 6.07) is 15.5. The third-order valence-corrected chi connectivity index (χ3v) is 10.2. The Bertz CT molecular complexity index is 1380. The summed E-state index contributed by atoms with van der Waals surface area (Å²) in [5, 5.41) is 4.20. The van der Waals surface area contributed by atoms with Crippen molar-refractivity contribution in [2.75, 3.05) is 39.3 Å². The number of halogens is 2. The molecule has 10 heteroatoms. The number of aliphatic imine (C=N–C) groups is 1. The Morgan fingerprint density at radius 3 is 2.57 bits per heavy atom. The van der Waals surface area contributed by atoms with E-state index in [1.54, 1.807) is 0 Å². The van der Waals surface area contributed by atoms with Gasteiger partial charge in [-0.25, -0.2) is 4.99 Å². The number of likely N-dealkylation sites (tertiary alicyclic amines) is 1. The summed E-state index contributed by atoms with van der Waals surface area (Å²) in [5.74, 6) is 0.0682. The first kappa shape index (κ1) is 35.8. The van der Waals surface area contributed by atoms with Gasteiger partial charge in [-0.15, -0.1) is 0 Å². The summed E-state index contributed by atoms with van der Waals surface area (Å²) in [6.45, 7) is 11.0. The van der Waals surface area contributed by atoms with Crippen LogP contribution in [0.15, 0.2) is 58.0 Å². The highest BCUT2D eigenvalue weighted by Crippen LogP contribution is 2.32. The van der Waals surface area contributed by atoms with Crippen LogP contribution in [0.4, 0.5) is 0 Å². The Kier molecular flexibility index (Phi) is 13.2. The van der Waals surface area contributed by atoms with Gasteiger partial charge in [0.1, 0.15) is 12.1 Å². The summed E-state index contributed by atoms with van der Waals surface area (Å²) in [5.41, 5.74) is 2.06. The molecule has 0 saturated carbocycles. The van der Waals surface area contributed by atoms with E-state index in [-0.39, 0.29) is 35.9 Å². The normalized spacial score (nSPS) is 22.7. The van der Waals surface area contributed by atoms with Crippen molar-refractivity contribution in [3.63, 3.8) is 0 Å². The monoisotopic (exact) mass is 727 g/mol. The van der Waals surface area contributed by atoms with E-state index >= 15 is 0 Å². The SMILES string of the molecule is CC(C)N[C@H](CCCCN1CCCCC1)C(=O)N1CCN(C2=N[C@@H](C)[C@H](c3cccc(Br)c3)O2)C[C@H]1C(=O)CCc1cccc(Cl)c1. The molecule has 8 nitrogen and oxygen atoms in total. The Balaban J connectivity index is 1.28. The molecule has 0 unspecified atom stereocenters. The number of rotatable bonds is 13. The Morgan fingerprint density at radius 1 is 1.04 bits per heavy atom. The zero-order valence-corrected chi connectivity index (χ0v) is 30.5. The second kappa shape index (κ2) is 17.3. The van der Waals surface area contributed by atoms with Crippen LogP contribution in [-0.4, -0.2) is 95.8 Å². The van der Waals surface area contributed by atoms with Crippen LogP contribution in [0.1, 0.15) is 82.9 Å². The van der Waals surface area contributed by atoms with E-state index in [2.05, 4.69) is 64.0 Å². The maximum atomic E-state index is 14.3. The lowest BCUT2D eigenvalue weighted by molar-refractivity contribution is -0.144. The topological polar surface area (TPSA) is 77.5 Å². The molecule has 256 valence electrons. The Morgan fingerprint density at radius 2 is 1.83 bits per heavy atom. The fraction of sp³-hybridized carbons (Fsp3) is 0.595. The molecule has 2 aromatic rings. The van der Waals surface area contributed by atoms with Gasteiger partial charge in [-0.1, -0.05) is 78.5 Å². The van der Waals surface area contributed by atoms with Crippen molar-refractivity contribution in [3.05, 3.63) is 69.2 Å². The van der Waals surface area contributed by atoms with Crippen molar-refractivity contribution < 1.29 is 14.3 Å². The third-order valence-electron chi connectivity index (χ3n) is 9.51. The average molecular weight is 729 g/mol. The van der Waals surface area contributed by atoms with Crippen molar-refractivity contribution in [1.82, 2.24) is 20.0 Å². The zero-order chi connectivity index (χ0) is 33.3. The molecule has 0 radical (unpaired) electrons. The lowest BCUT2D eigenvalue weighted by Crippen LogP contribution is -2.62. The van der Waals surface area contributed by atoms with E-state index in [1.165, 1.54) is 32.4 Å². The number of Topliss-reactive ketones (excluding diaryl/α,β-unsaturated/α-hetero) is 1. The van der Waals surface area contributed by atoms with Crippen molar-refractivity contribution in [1.29, 1.82) is 0 Å². The number of amidine groups is 1. The van der Waals surface area contributed by atoms with Crippen molar-refractivity contribution in [3.8, 4) is 0 Å². The molecule has 2 fully saturated rings. The van der Waals surface area contributed by atoms with Crippen LogP contribution in [0, 0.1) is 0 Å². The zero-order valence-electron chi connectivity index (χ0n) is 28.2. The van der Waals surface area contributed by atoms with Crippen LogP contribution in [0.25, 0.3) is 0 Å². The molecular formula is C37H51BrClN5O3. The van der Waals surface area contributed by atoms with Gasteiger partial charge in [0.2, 0.25) is 5.91 Å². The molecular weight excluding hydrogens is 678 g/mol. The van der Waals surface area contributed by atoms with Gasteiger partial charge in [-0.2, -0.15) is 0 Å². The van der Waals surface area contributed by atoms with Crippen LogP contribution >= 0.6 is 27.5 Å². The van der Waals surface area contributed by atoms with E-state index in [0.29, 0.717) is 43.5 Å². The van der Waals surface area contributed by atoms with Gasteiger partial charge >= 0.3 is 0 Å². The van der Waals surface area contributed by atoms with Crippen molar-refractivity contribution >= 4 is 45.2 Å². The third kappa shape index (κ3) is 10.0. The van der Waals surface area contributed by atoms with Crippen molar-refractivity contribution in [2.24, 2.45) is 4.99 Å². The highest BCUT2D eigenvalue weighted by molar-refractivity contribution is 9.10. The number of hydrogen-bond donors (Lipinski definition) is 1. The molecule has 4 atom stereocenters. The number of ketones is 1. The maximum absolute atomic E-state index is 14.3. The summed E-state index contributed by atoms with van der Waals surface area (Å²) >= 11 is 9.80. The van der Waals surface area contributed by atoms with Gasteiger partial charge in [-0.3, -0.25) is 9.59 Å². The number of nitrogens with zero attached hydrogens (tertiary/aromatic N) is 4. The highest BCUT2D eigenvalue weighted by atomic mass is 79.9. The van der Waals surface area contributed by atoms with E-state index < -0.39 is 6.04 Å². The van der Waals surface area contributed by atoms with Gasteiger partial charge in [0.15, 0.2) is 5.78 Å². The van der Waals surface area contributed by atoms with Gasteiger partial charge in [0.05, 0.1) is 12.1 Å². The fourth-order valence-electron chi connectivity index (χ4n) is 7.04. The number of nitrogens with one attached hydrogen (secondary N) is 1. The van der Waals surface area contributed by atoms with E-state index in [4.69, 9.17) is 21.3 Å². The molecule has 0 bridgehead atoms. The number of ether oxygens (including phenoxy) is 1. The minimum absolute atomic E-state index is 0.0205. The summed E-state index contributed by atoms with van der Waals surface area (Å²) < 4.78 is 7.44. The molecule has 0 aliphatic carbocycles. The number of benzene rings is 2. The molecule has 2 saturated heterocycles. The van der Waals surface area contributed by atoms with E-state index in [0.717, 1.165) is 41.4 Å². The molecule has 3 heterocycles. The fourth-order valence-corrected chi connectivity index (χ4v) is 7.67. The standard InChI is InChI=1S/C37H51BrClN5O3/c1-26(2)40-32(15-5-8-20-42-18-6-4-7-19-42)36(46)44-22-21-43(25-33(44)34(45)17-16-28-11-9-14-31(39)23-28)37-41-27(3)35(47-37)29-12-10-13-30(38)24-29/h9-14,23-24,26-27,32-33,35,40H,4-8,15-22,25H2,1-3H3/t27-,32+,33-,35+/m0/s1. The highest BCUT2D eigenvalue weighted by Gasteiger charge is 2.41. The lowest BCUT2D eigenvalue weighted by Gasteiger charge is -2.42. The number of piperidine rings is 1. The first-order valence-electron chi connectivity index (χ1n) is 17.5. The first-order valence-corrected chi connectivity index (χ1v) is 18.7. The van der Waals surface area contributed by atoms with Gasteiger partial charge < -0.3 is 24.8 Å².